The molecule has 0 amide bonds. The van der Waals surface area contributed by atoms with Gasteiger partial charge in [-0.15, -0.1) is 0 Å². The number of anilines is 1. The van der Waals surface area contributed by atoms with E-state index < -0.39 is 0 Å². The van der Waals surface area contributed by atoms with Crippen LogP contribution >= 0.6 is 0 Å². The molecule has 1 atom stereocenters. The first-order chi connectivity index (χ1) is 11.7. The van der Waals surface area contributed by atoms with Gasteiger partial charge in [-0.1, -0.05) is 72.8 Å². The van der Waals surface area contributed by atoms with Gasteiger partial charge in [0.25, 0.3) is 0 Å². The number of rotatable bonds is 6. The Morgan fingerprint density at radius 1 is 0.833 bits per heavy atom. The molecule has 0 saturated heterocycles. The maximum atomic E-state index is 14.0. The zero-order valence-corrected chi connectivity index (χ0v) is 13.2. The molecule has 1 N–H and O–H groups in total. The highest BCUT2D eigenvalue weighted by Crippen LogP contribution is 2.25. The lowest BCUT2D eigenvalue weighted by atomic mass is 9.97. The van der Waals surface area contributed by atoms with Gasteiger partial charge in [-0.05, 0) is 17.7 Å². The molecular formula is C21H18FNO. The molecule has 0 spiro atoms. The molecule has 120 valence electrons. The largest absolute Gasteiger partial charge is 0.375 e. The van der Waals surface area contributed by atoms with Crippen molar-refractivity contribution < 1.29 is 9.18 Å². The first kappa shape index (κ1) is 15.9. The first-order valence-electron chi connectivity index (χ1n) is 7.88. The van der Waals surface area contributed by atoms with Crippen molar-refractivity contribution in [3.05, 3.63) is 102 Å². The van der Waals surface area contributed by atoms with Gasteiger partial charge in [0.15, 0.2) is 5.78 Å². The minimum atomic E-state index is -0.328. The number of ketones is 1. The van der Waals surface area contributed by atoms with Gasteiger partial charge in [-0.25, -0.2) is 4.39 Å². The molecule has 3 aromatic carbocycles. The van der Waals surface area contributed by atoms with E-state index in [9.17, 15) is 9.18 Å². The minimum absolute atomic E-state index is 0.0216. The number of nitrogens with one attached hydrogen (secondary N) is 1. The fourth-order valence-corrected chi connectivity index (χ4v) is 2.63. The predicted molar refractivity (Wildman–Crippen MR) is 94.6 cm³/mol. The van der Waals surface area contributed by atoms with Crippen LogP contribution in [0.1, 0.15) is 28.4 Å². The molecule has 0 radical (unpaired) electrons. The standard InChI is InChI=1S/C21H18FNO/c22-18-13-7-8-14-19(18)23-20(16-9-3-1-4-10-16)15-21(24)17-11-5-2-6-12-17/h1-14,20,23H,15H2. The number of Topliss-reactive ketones (excluding diaryl/α,β-unsaturated/α-hetero) is 1. The molecule has 0 aliphatic rings. The van der Waals surface area contributed by atoms with E-state index in [4.69, 9.17) is 0 Å². The van der Waals surface area contributed by atoms with Crippen molar-refractivity contribution >= 4 is 11.5 Å². The predicted octanol–water partition coefficient (Wildman–Crippen LogP) is 5.25. The Kier molecular flexibility index (Phi) is 5.02. The van der Waals surface area contributed by atoms with Crippen molar-refractivity contribution in [1.29, 1.82) is 0 Å². The van der Waals surface area contributed by atoms with Gasteiger partial charge >= 0.3 is 0 Å². The molecule has 24 heavy (non-hydrogen) atoms. The number of benzene rings is 3. The van der Waals surface area contributed by atoms with Gasteiger partial charge in [-0.2, -0.15) is 0 Å². The maximum Gasteiger partial charge on any atom is 0.165 e. The van der Waals surface area contributed by atoms with Crippen LogP contribution in [0.5, 0.6) is 0 Å². The Bertz CT molecular complexity index is 802. The van der Waals surface area contributed by atoms with E-state index >= 15 is 0 Å². The van der Waals surface area contributed by atoms with Crippen molar-refractivity contribution in [1.82, 2.24) is 0 Å². The Labute approximate surface area is 141 Å². The quantitative estimate of drug-likeness (QED) is 0.629. The van der Waals surface area contributed by atoms with Gasteiger partial charge in [0, 0.05) is 12.0 Å². The number of carbonyl (C=O) groups is 1. The average Bonchev–Trinajstić information content (AvgIpc) is 2.64. The van der Waals surface area contributed by atoms with Gasteiger partial charge < -0.3 is 5.32 Å². The summed E-state index contributed by atoms with van der Waals surface area (Å²) >= 11 is 0. The number of halogens is 1. The third-order valence-corrected chi connectivity index (χ3v) is 3.89. The van der Waals surface area contributed by atoms with Crippen LogP contribution in [0.2, 0.25) is 0 Å². The molecule has 1 unspecified atom stereocenters. The summed E-state index contributed by atoms with van der Waals surface area (Å²) in [5.74, 6) is -0.307. The van der Waals surface area contributed by atoms with Crippen molar-refractivity contribution in [2.75, 3.05) is 5.32 Å². The second-order valence-corrected chi connectivity index (χ2v) is 5.58. The van der Waals surface area contributed by atoms with Crippen molar-refractivity contribution in [2.24, 2.45) is 0 Å². The second kappa shape index (κ2) is 7.55. The lowest BCUT2D eigenvalue weighted by molar-refractivity contribution is 0.0976. The molecule has 3 heteroatoms. The summed E-state index contributed by atoms with van der Waals surface area (Å²) in [6.07, 6.45) is 0.252. The van der Waals surface area contributed by atoms with E-state index in [1.165, 1.54) is 6.07 Å². The summed E-state index contributed by atoms with van der Waals surface area (Å²) in [7, 11) is 0. The molecule has 3 aromatic rings. The number of hydrogen-bond acceptors (Lipinski definition) is 2. The maximum absolute atomic E-state index is 14.0. The highest BCUT2D eigenvalue weighted by atomic mass is 19.1. The topological polar surface area (TPSA) is 29.1 Å². The molecule has 0 aromatic heterocycles. The monoisotopic (exact) mass is 319 g/mol. The van der Waals surface area contributed by atoms with Crippen LogP contribution in [0, 0.1) is 5.82 Å². The van der Waals surface area contributed by atoms with Crippen LogP contribution in [0.25, 0.3) is 0 Å². The Balaban J connectivity index is 1.86. The van der Waals surface area contributed by atoms with Crippen LogP contribution in [-0.4, -0.2) is 5.78 Å². The summed E-state index contributed by atoms with van der Waals surface area (Å²) in [5, 5.41) is 3.17. The molecule has 0 saturated carbocycles. The van der Waals surface area contributed by atoms with Crippen LogP contribution < -0.4 is 5.32 Å². The summed E-state index contributed by atoms with van der Waals surface area (Å²) in [5.41, 5.74) is 2.01. The van der Waals surface area contributed by atoms with E-state index in [-0.39, 0.29) is 24.1 Å². The van der Waals surface area contributed by atoms with E-state index in [2.05, 4.69) is 5.32 Å². The molecule has 3 rings (SSSR count). The molecule has 2 nitrogen and oxygen atoms in total. The van der Waals surface area contributed by atoms with Crippen molar-refractivity contribution in [2.45, 2.75) is 12.5 Å². The van der Waals surface area contributed by atoms with E-state index in [0.29, 0.717) is 11.3 Å². The minimum Gasteiger partial charge on any atom is -0.375 e. The molecule has 0 bridgehead atoms. The molecule has 0 heterocycles. The third-order valence-electron chi connectivity index (χ3n) is 3.89. The third kappa shape index (κ3) is 3.87. The normalized spacial score (nSPS) is 11.7. The summed E-state index contributed by atoms with van der Waals surface area (Å²) in [6.45, 7) is 0. The smallest absolute Gasteiger partial charge is 0.165 e. The van der Waals surface area contributed by atoms with Crippen LogP contribution in [-0.2, 0) is 0 Å². The summed E-state index contributed by atoms with van der Waals surface area (Å²) < 4.78 is 14.0. The molecular weight excluding hydrogens is 301 g/mol. The molecule has 0 aliphatic heterocycles. The van der Waals surface area contributed by atoms with E-state index in [1.807, 2.05) is 48.5 Å². The highest BCUT2D eigenvalue weighted by Gasteiger charge is 2.18. The Morgan fingerprint density at radius 2 is 1.42 bits per heavy atom. The van der Waals surface area contributed by atoms with Gasteiger partial charge in [0.2, 0.25) is 0 Å². The van der Waals surface area contributed by atoms with Gasteiger partial charge in [0.1, 0.15) is 5.82 Å². The summed E-state index contributed by atoms with van der Waals surface area (Å²) in [4.78, 5) is 12.6. The van der Waals surface area contributed by atoms with Crippen LogP contribution in [0.15, 0.2) is 84.9 Å². The lowest BCUT2D eigenvalue weighted by Crippen LogP contribution is -2.16. The SMILES string of the molecule is O=C(CC(Nc1ccccc1F)c1ccccc1)c1ccccc1. The first-order valence-corrected chi connectivity index (χ1v) is 7.88. The van der Waals surface area contributed by atoms with E-state index in [1.54, 1.807) is 30.3 Å². The highest BCUT2D eigenvalue weighted by molar-refractivity contribution is 5.96. The number of carbonyl (C=O) groups excluding carboxylic acids is 1. The Hall–Kier alpha value is -2.94. The van der Waals surface area contributed by atoms with Crippen molar-refractivity contribution in [3.8, 4) is 0 Å². The number of para-hydroxylation sites is 1. The van der Waals surface area contributed by atoms with E-state index in [0.717, 1.165) is 5.56 Å². The molecule has 0 fully saturated rings. The Morgan fingerprint density at radius 3 is 2.08 bits per heavy atom. The zero-order chi connectivity index (χ0) is 16.8. The van der Waals surface area contributed by atoms with Crippen LogP contribution in [0.4, 0.5) is 10.1 Å². The van der Waals surface area contributed by atoms with Gasteiger partial charge in [-0.3, -0.25) is 4.79 Å². The fraction of sp³-hybridized carbons (Fsp3) is 0.0952. The second-order valence-electron chi connectivity index (χ2n) is 5.58. The van der Waals surface area contributed by atoms with Crippen LogP contribution in [0.3, 0.4) is 0 Å². The average molecular weight is 319 g/mol. The molecule has 0 aliphatic carbocycles. The lowest BCUT2D eigenvalue weighted by Gasteiger charge is -2.20. The fourth-order valence-electron chi connectivity index (χ4n) is 2.63. The van der Waals surface area contributed by atoms with Crippen molar-refractivity contribution in [3.63, 3.8) is 0 Å². The number of hydrogen-bond donors (Lipinski definition) is 1. The summed E-state index contributed by atoms with van der Waals surface area (Å²) in [6, 6.07) is 25.0. The van der Waals surface area contributed by atoms with Gasteiger partial charge in [0.05, 0.1) is 11.7 Å². The zero-order valence-electron chi connectivity index (χ0n) is 13.2.